The Morgan fingerprint density at radius 1 is 0.622 bits per heavy atom. The topological polar surface area (TPSA) is 6.48 Å². The highest BCUT2D eigenvalue weighted by molar-refractivity contribution is 7.90. The minimum atomic E-state index is -1.91. The zero-order valence-corrected chi connectivity index (χ0v) is 24.6. The van der Waals surface area contributed by atoms with Gasteiger partial charge in [-0.1, -0.05) is 76.5 Å². The first kappa shape index (κ1) is 27.3. The highest BCUT2D eigenvalue weighted by atomic mass is 32.1. The number of anilines is 2. The van der Waals surface area contributed by atoms with E-state index in [0.717, 1.165) is 6.16 Å². The maximum Gasteiger partial charge on any atom is 0.0994 e. The van der Waals surface area contributed by atoms with Gasteiger partial charge in [-0.05, 0) is 62.4 Å². The SMILES string of the molecule is CC[P+](c1ccccc1)(c1ccccc1)[C@@H](C)C([S-])(c1ccc(N(C)C)cc1)c1ccc(N(C)C)cc1. The lowest BCUT2D eigenvalue weighted by atomic mass is 9.87. The van der Waals surface area contributed by atoms with E-state index in [1.54, 1.807) is 0 Å². The number of hydrogen-bond acceptors (Lipinski definition) is 3. The third kappa shape index (κ3) is 5.05. The molecule has 0 N–H and O–H groups in total. The average molecular weight is 527 g/mol. The van der Waals surface area contributed by atoms with Gasteiger partial charge in [-0.25, -0.2) is 0 Å². The molecule has 0 saturated carbocycles. The molecule has 0 aliphatic rings. The Labute approximate surface area is 230 Å². The largest absolute Gasteiger partial charge is 0.773 e. The Hall–Kier alpha value is -2.74. The molecule has 4 aromatic carbocycles. The molecule has 4 rings (SSSR count). The summed E-state index contributed by atoms with van der Waals surface area (Å²) in [4.78, 5) is 4.28. The molecule has 37 heavy (non-hydrogen) atoms. The van der Waals surface area contributed by atoms with Crippen molar-refractivity contribution >= 4 is 41.9 Å². The molecule has 4 aromatic rings. The maximum absolute atomic E-state index is 6.89. The van der Waals surface area contributed by atoms with Gasteiger partial charge in [0.1, 0.15) is 0 Å². The molecule has 0 fully saturated rings. The molecule has 2 nitrogen and oxygen atoms in total. The van der Waals surface area contributed by atoms with Crippen LogP contribution in [0.3, 0.4) is 0 Å². The van der Waals surface area contributed by atoms with Crippen molar-refractivity contribution in [1.29, 1.82) is 0 Å². The molecule has 0 aliphatic heterocycles. The van der Waals surface area contributed by atoms with Crippen molar-refractivity contribution in [3.63, 3.8) is 0 Å². The van der Waals surface area contributed by atoms with E-state index in [1.165, 1.54) is 33.1 Å². The van der Waals surface area contributed by atoms with Crippen molar-refractivity contribution in [3.05, 3.63) is 120 Å². The van der Waals surface area contributed by atoms with Crippen molar-refractivity contribution in [3.8, 4) is 0 Å². The monoisotopic (exact) mass is 526 g/mol. The van der Waals surface area contributed by atoms with Crippen molar-refractivity contribution in [2.75, 3.05) is 44.2 Å². The molecular formula is C33H39N2PS. The second kappa shape index (κ2) is 11.3. The minimum Gasteiger partial charge on any atom is -0.773 e. The van der Waals surface area contributed by atoms with Crippen molar-refractivity contribution < 1.29 is 0 Å². The van der Waals surface area contributed by atoms with Gasteiger partial charge in [-0.3, -0.25) is 0 Å². The summed E-state index contributed by atoms with van der Waals surface area (Å²) < 4.78 is -0.606. The molecule has 0 unspecified atom stereocenters. The van der Waals surface area contributed by atoms with Crippen LogP contribution in [0.5, 0.6) is 0 Å². The molecule has 0 spiro atoms. The summed E-state index contributed by atoms with van der Waals surface area (Å²) in [6, 6.07) is 40.0. The van der Waals surface area contributed by atoms with Gasteiger partial charge >= 0.3 is 0 Å². The smallest absolute Gasteiger partial charge is 0.0994 e. The zero-order chi connectivity index (χ0) is 26.6. The van der Waals surface area contributed by atoms with Crippen LogP contribution >= 0.6 is 7.26 Å². The fraction of sp³-hybridized carbons (Fsp3) is 0.273. The molecule has 0 aliphatic carbocycles. The Bertz CT molecular complexity index is 1180. The molecule has 192 valence electrons. The number of nitrogens with zero attached hydrogens (tertiary/aromatic N) is 2. The second-order valence-electron chi connectivity index (χ2n) is 10.2. The van der Waals surface area contributed by atoms with E-state index in [0.29, 0.717) is 0 Å². The van der Waals surface area contributed by atoms with E-state index in [1.807, 2.05) is 0 Å². The minimum absolute atomic E-state index is 0.181. The van der Waals surface area contributed by atoms with E-state index in [9.17, 15) is 0 Å². The number of benzene rings is 4. The first-order chi connectivity index (χ1) is 17.7. The summed E-state index contributed by atoms with van der Waals surface area (Å²) in [7, 11) is 6.41. The molecule has 1 atom stereocenters. The Kier molecular flexibility index (Phi) is 8.36. The summed E-state index contributed by atoms with van der Waals surface area (Å²) >= 11 is 6.89. The third-order valence-corrected chi connectivity index (χ3v) is 14.0. The van der Waals surface area contributed by atoms with Crippen LogP contribution in [0.2, 0.25) is 0 Å². The van der Waals surface area contributed by atoms with Crippen LogP contribution in [0.1, 0.15) is 25.0 Å². The summed E-state index contributed by atoms with van der Waals surface area (Å²) in [6.45, 7) is 4.76. The summed E-state index contributed by atoms with van der Waals surface area (Å²) in [5.74, 6) is 0. The van der Waals surface area contributed by atoms with Crippen LogP contribution < -0.4 is 20.4 Å². The highest BCUT2D eigenvalue weighted by Crippen LogP contribution is 2.66. The van der Waals surface area contributed by atoms with Gasteiger partial charge < -0.3 is 22.4 Å². The van der Waals surface area contributed by atoms with E-state index >= 15 is 0 Å². The molecular weight excluding hydrogens is 487 g/mol. The van der Waals surface area contributed by atoms with E-state index in [-0.39, 0.29) is 5.66 Å². The van der Waals surface area contributed by atoms with Crippen LogP contribution in [0.15, 0.2) is 109 Å². The standard InChI is InChI=1S/C33H39N2PS/c1-7-36(31-14-10-8-11-15-31,32-16-12-9-13-17-32)26(2)33(37,27-18-22-29(23-19-27)34(3)4)28-20-24-30(25-21-28)35(5)6/h8-26H,7H2,1-6H3/t26-/m0/s1. The third-order valence-electron chi connectivity index (χ3n) is 7.81. The van der Waals surface area contributed by atoms with Crippen LogP contribution in [-0.4, -0.2) is 40.0 Å². The van der Waals surface area contributed by atoms with Crippen molar-refractivity contribution in [2.45, 2.75) is 24.3 Å². The van der Waals surface area contributed by atoms with Crippen LogP contribution in [0, 0.1) is 0 Å². The molecule has 0 heterocycles. The molecule has 0 aromatic heterocycles. The molecule has 0 saturated heterocycles. The fourth-order valence-electron chi connectivity index (χ4n) is 5.60. The lowest BCUT2D eigenvalue weighted by Crippen LogP contribution is -2.45. The van der Waals surface area contributed by atoms with Crippen molar-refractivity contribution in [2.24, 2.45) is 0 Å². The summed E-state index contributed by atoms with van der Waals surface area (Å²) in [6.07, 6.45) is 1.05. The molecule has 0 bridgehead atoms. The molecule has 4 heteroatoms. The second-order valence-corrected chi connectivity index (χ2v) is 15.0. The van der Waals surface area contributed by atoms with Crippen molar-refractivity contribution in [1.82, 2.24) is 0 Å². The van der Waals surface area contributed by atoms with Gasteiger partial charge in [0.05, 0.1) is 29.7 Å². The predicted molar refractivity (Wildman–Crippen MR) is 169 cm³/mol. The van der Waals surface area contributed by atoms with E-state index < -0.39 is 12.0 Å². The van der Waals surface area contributed by atoms with Gasteiger partial charge in [-0.15, -0.1) is 0 Å². The Morgan fingerprint density at radius 3 is 1.27 bits per heavy atom. The molecule has 0 radical (unpaired) electrons. The van der Waals surface area contributed by atoms with Gasteiger partial charge in [0.25, 0.3) is 0 Å². The average Bonchev–Trinajstić information content (AvgIpc) is 2.94. The number of rotatable bonds is 9. The summed E-state index contributed by atoms with van der Waals surface area (Å²) in [5, 5.41) is 2.83. The van der Waals surface area contributed by atoms with Crippen LogP contribution in [-0.2, 0) is 17.4 Å². The van der Waals surface area contributed by atoms with Crippen LogP contribution in [0.4, 0.5) is 11.4 Å². The lowest BCUT2D eigenvalue weighted by molar-refractivity contribution is 0.720. The zero-order valence-electron chi connectivity index (χ0n) is 22.9. The Morgan fingerprint density at radius 2 is 0.973 bits per heavy atom. The number of hydrogen-bond donors (Lipinski definition) is 0. The summed E-state index contributed by atoms with van der Waals surface area (Å²) in [5.41, 5.74) is 4.91. The maximum atomic E-state index is 6.89. The van der Waals surface area contributed by atoms with Crippen LogP contribution in [0.25, 0.3) is 0 Å². The molecule has 0 amide bonds. The predicted octanol–water partition coefficient (Wildman–Crippen LogP) is 6.69. The normalized spacial score (nSPS) is 12.7. The van der Waals surface area contributed by atoms with E-state index in [4.69, 9.17) is 12.6 Å². The Balaban J connectivity index is 1.99. The van der Waals surface area contributed by atoms with Gasteiger partial charge in [-0.2, -0.15) is 0 Å². The van der Waals surface area contributed by atoms with Gasteiger partial charge in [0.15, 0.2) is 0 Å². The first-order valence-electron chi connectivity index (χ1n) is 13.0. The van der Waals surface area contributed by atoms with Gasteiger partial charge in [0.2, 0.25) is 0 Å². The first-order valence-corrected chi connectivity index (χ1v) is 15.5. The van der Waals surface area contributed by atoms with Gasteiger partial charge in [0, 0.05) is 39.6 Å². The highest BCUT2D eigenvalue weighted by Gasteiger charge is 2.51. The quantitative estimate of drug-likeness (QED) is 0.177. The fourth-order valence-corrected chi connectivity index (χ4v) is 11.2. The van der Waals surface area contributed by atoms with E-state index in [2.05, 4.69) is 161 Å². The lowest BCUT2D eigenvalue weighted by Gasteiger charge is -2.51.